The van der Waals surface area contributed by atoms with E-state index in [0.29, 0.717) is 5.69 Å². The molecule has 0 unspecified atom stereocenters. The fourth-order valence-electron chi connectivity index (χ4n) is 2.41. The molecule has 3 N–H and O–H groups in total. The van der Waals surface area contributed by atoms with Gasteiger partial charge in [-0.2, -0.15) is 5.10 Å². The van der Waals surface area contributed by atoms with Crippen molar-refractivity contribution in [2.75, 3.05) is 20.3 Å². The minimum atomic E-state index is -1.01. The number of likely N-dealkylation sites (N-methyl/N-ethyl adjacent to an activating group) is 1. The first-order valence-corrected chi connectivity index (χ1v) is 6.72. The van der Waals surface area contributed by atoms with Crippen molar-refractivity contribution in [3.63, 3.8) is 0 Å². The second kappa shape index (κ2) is 5.90. The summed E-state index contributed by atoms with van der Waals surface area (Å²) < 4.78 is 5.20. The van der Waals surface area contributed by atoms with Gasteiger partial charge in [-0.05, 0) is 13.3 Å². The van der Waals surface area contributed by atoms with E-state index >= 15 is 0 Å². The van der Waals surface area contributed by atoms with Crippen molar-refractivity contribution in [2.45, 2.75) is 38.5 Å². The number of hydrogen-bond donors (Lipinski definition) is 3. The zero-order valence-corrected chi connectivity index (χ0v) is 12.0. The van der Waals surface area contributed by atoms with Gasteiger partial charge in [0.2, 0.25) is 0 Å². The molecule has 1 aliphatic heterocycles. The first-order valence-electron chi connectivity index (χ1n) is 6.72. The Morgan fingerprint density at radius 1 is 1.50 bits per heavy atom. The van der Waals surface area contributed by atoms with Gasteiger partial charge in [-0.15, -0.1) is 0 Å². The maximum Gasteiger partial charge on any atom is 0.274 e. The number of ether oxygens (including phenoxy) is 1. The van der Waals surface area contributed by atoms with Crippen molar-refractivity contribution in [1.82, 2.24) is 15.1 Å². The molecule has 0 aliphatic carbocycles. The molecule has 0 radical (unpaired) electrons. The summed E-state index contributed by atoms with van der Waals surface area (Å²) in [5.41, 5.74) is 2.08. The minimum Gasteiger partial charge on any atom is -0.388 e. The number of aryl methyl sites for hydroxylation is 1. The van der Waals surface area contributed by atoms with Crippen LogP contribution in [-0.4, -0.2) is 69.7 Å². The predicted molar refractivity (Wildman–Crippen MR) is 71.4 cm³/mol. The Balaban J connectivity index is 2.17. The number of rotatable bonds is 3. The van der Waals surface area contributed by atoms with Crippen LogP contribution in [0.4, 0.5) is 0 Å². The third-order valence-electron chi connectivity index (χ3n) is 3.85. The number of hydrogen-bond acceptors (Lipinski definition) is 5. The molecule has 0 bridgehead atoms. The number of aromatic amines is 1. The molecule has 1 fully saturated rings. The van der Waals surface area contributed by atoms with Crippen molar-refractivity contribution in [1.29, 1.82) is 0 Å². The Labute approximate surface area is 117 Å². The highest BCUT2D eigenvalue weighted by Gasteiger charge is 2.37. The molecule has 0 aromatic carbocycles. The molecule has 112 valence electrons. The Morgan fingerprint density at radius 3 is 2.80 bits per heavy atom. The van der Waals surface area contributed by atoms with Gasteiger partial charge < -0.3 is 19.8 Å². The lowest BCUT2D eigenvalue weighted by Crippen LogP contribution is -2.56. The summed E-state index contributed by atoms with van der Waals surface area (Å²) in [5, 5.41) is 26.5. The number of aromatic nitrogens is 2. The molecule has 1 aromatic heterocycles. The summed E-state index contributed by atoms with van der Waals surface area (Å²) in [6.07, 6.45) is -1.22. The van der Waals surface area contributed by atoms with Gasteiger partial charge in [0.25, 0.3) is 5.91 Å². The van der Waals surface area contributed by atoms with E-state index in [9.17, 15) is 15.0 Å². The summed E-state index contributed by atoms with van der Waals surface area (Å²) in [5.74, 6) is -0.291. The van der Waals surface area contributed by atoms with Gasteiger partial charge in [-0.3, -0.25) is 9.89 Å². The van der Waals surface area contributed by atoms with Gasteiger partial charge in [0.05, 0.1) is 19.3 Å². The van der Waals surface area contributed by atoms with Crippen molar-refractivity contribution in [2.24, 2.45) is 0 Å². The van der Waals surface area contributed by atoms with Crippen molar-refractivity contribution in [3.05, 3.63) is 17.0 Å². The molecule has 1 aromatic rings. The number of aliphatic hydroxyl groups excluding tert-OH is 2. The zero-order chi connectivity index (χ0) is 14.9. The standard InChI is InChI=1S/C13H21N3O4/c1-4-8-7(2)11(15-14-8)13(19)16(3)9-5-20-6-10(17)12(9)18/h9-10,12,17-18H,4-6H2,1-3H3,(H,14,15)/t9-,10-,12+/m1/s1. The topological polar surface area (TPSA) is 98.7 Å². The van der Waals surface area contributed by atoms with E-state index in [0.717, 1.165) is 17.7 Å². The van der Waals surface area contributed by atoms with Gasteiger partial charge in [0.15, 0.2) is 5.69 Å². The van der Waals surface area contributed by atoms with Crippen LogP contribution in [0.5, 0.6) is 0 Å². The number of H-pyrrole nitrogens is 1. The van der Waals surface area contributed by atoms with Crippen LogP contribution >= 0.6 is 0 Å². The number of amides is 1. The number of carbonyl (C=O) groups is 1. The van der Waals surface area contributed by atoms with E-state index in [4.69, 9.17) is 4.74 Å². The molecule has 1 saturated heterocycles. The van der Waals surface area contributed by atoms with E-state index in [1.807, 2.05) is 13.8 Å². The van der Waals surface area contributed by atoms with Crippen LogP contribution in [0.1, 0.15) is 28.7 Å². The van der Waals surface area contributed by atoms with E-state index < -0.39 is 18.2 Å². The summed E-state index contributed by atoms with van der Waals surface area (Å²) in [4.78, 5) is 13.8. The van der Waals surface area contributed by atoms with Crippen LogP contribution in [0.25, 0.3) is 0 Å². The van der Waals surface area contributed by atoms with Crippen LogP contribution in [-0.2, 0) is 11.2 Å². The zero-order valence-electron chi connectivity index (χ0n) is 12.0. The van der Waals surface area contributed by atoms with Crippen molar-refractivity contribution in [3.8, 4) is 0 Å². The molecule has 1 aliphatic rings. The Kier molecular flexibility index (Phi) is 4.42. The second-order valence-electron chi connectivity index (χ2n) is 5.11. The lowest BCUT2D eigenvalue weighted by atomic mass is 10.0. The largest absolute Gasteiger partial charge is 0.388 e. The SMILES string of the molecule is CCc1[nH]nc(C(=O)N(C)[C@@H]2COC[C@@H](O)[C@H]2O)c1C. The summed E-state index contributed by atoms with van der Waals surface area (Å²) in [6.45, 7) is 4.10. The first-order chi connectivity index (χ1) is 9.47. The third kappa shape index (κ3) is 2.56. The van der Waals surface area contributed by atoms with E-state index in [-0.39, 0.29) is 19.1 Å². The molecular formula is C13H21N3O4. The van der Waals surface area contributed by atoms with Gasteiger partial charge in [0, 0.05) is 18.3 Å². The average Bonchev–Trinajstić information content (AvgIpc) is 2.81. The van der Waals surface area contributed by atoms with E-state index in [1.54, 1.807) is 7.05 Å². The minimum absolute atomic E-state index is 0.0844. The lowest BCUT2D eigenvalue weighted by molar-refractivity contribution is -0.122. The fourth-order valence-corrected chi connectivity index (χ4v) is 2.41. The predicted octanol–water partition coefficient (Wildman–Crippen LogP) is -0.527. The average molecular weight is 283 g/mol. The van der Waals surface area contributed by atoms with Crippen LogP contribution < -0.4 is 0 Å². The number of nitrogens with one attached hydrogen (secondary N) is 1. The number of carbonyl (C=O) groups excluding carboxylic acids is 1. The Hall–Kier alpha value is -1.44. The van der Waals surface area contributed by atoms with Crippen LogP contribution in [0.2, 0.25) is 0 Å². The van der Waals surface area contributed by atoms with Crippen molar-refractivity contribution < 1.29 is 19.7 Å². The molecule has 7 nitrogen and oxygen atoms in total. The first kappa shape index (κ1) is 15.0. The van der Waals surface area contributed by atoms with Gasteiger partial charge >= 0.3 is 0 Å². The summed E-state index contributed by atoms with van der Waals surface area (Å²) >= 11 is 0. The molecule has 0 saturated carbocycles. The number of aliphatic hydroxyl groups is 2. The molecule has 0 spiro atoms. The Morgan fingerprint density at radius 2 is 2.20 bits per heavy atom. The van der Waals surface area contributed by atoms with Crippen LogP contribution in [0.15, 0.2) is 0 Å². The molecular weight excluding hydrogens is 262 g/mol. The quantitative estimate of drug-likeness (QED) is 0.693. The summed E-state index contributed by atoms with van der Waals surface area (Å²) in [6, 6.07) is -0.576. The Bertz CT molecular complexity index is 488. The van der Waals surface area contributed by atoms with E-state index in [2.05, 4.69) is 10.2 Å². The third-order valence-corrected chi connectivity index (χ3v) is 3.85. The highest BCUT2D eigenvalue weighted by molar-refractivity contribution is 5.94. The highest BCUT2D eigenvalue weighted by atomic mass is 16.5. The van der Waals surface area contributed by atoms with Gasteiger partial charge in [-0.1, -0.05) is 6.92 Å². The molecule has 20 heavy (non-hydrogen) atoms. The van der Waals surface area contributed by atoms with E-state index in [1.165, 1.54) is 4.90 Å². The van der Waals surface area contributed by atoms with Gasteiger partial charge in [0.1, 0.15) is 12.2 Å². The highest BCUT2D eigenvalue weighted by Crippen LogP contribution is 2.18. The molecule has 2 rings (SSSR count). The monoisotopic (exact) mass is 283 g/mol. The number of nitrogens with zero attached hydrogens (tertiary/aromatic N) is 2. The summed E-state index contributed by atoms with van der Waals surface area (Å²) in [7, 11) is 1.58. The maximum absolute atomic E-state index is 12.4. The van der Waals surface area contributed by atoms with Crippen LogP contribution in [0.3, 0.4) is 0 Å². The fraction of sp³-hybridized carbons (Fsp3) is 0.692. The molecule has 7 heteroatoms. The lowest BCUT2D eigenvalue weighted by Gasteiger charge is -2.37. The molecule has 3 atom stereocenters. The normalized spacial score (nSPS) is 26.6. The van der Waals surface area contributed by atoms with Crippen LogP contribution in [0, 0.1) is 6.92 Å². The molecule has 1 amide bonds. The maximum atomic E-state index is 12.4. The molecule has 2 heterocycles. The van der Waals surface area contributed by atoms with Gasteiger partial charge in [-0.25, -0.2) is 0 Å². The second-order valence-corrected chi connectivity index (χ2v) is 5.11. The van der Waals surface area contributed by atoms with Crippen molar-refractivity contribution >= 4 is 5.91 Å². The smallest absolute Gasteiger partial charge is 0.274 e.